The van der Waals surface area contributed by atoms with Crippen molar-refractivity contribution >= 4 is 33.2 Å². The van der Waals surface area contributed by atoms with Crippen molar-refractivity contribution in [1.29, 1.82) is 0 Å². The molecule has 0 aliphatic carbocycles. The Bertz CT molecular complexity index is 1260. The lowest BCUT2D eigenvalue weighted by Crippen LogP contribution is -2.45. The molecule has 2 aromatic heterocycles. The van der Waals surface area contributed by atoms with Crippen LogP contribution < -0.4 is 14.2 Å². The smallest absolute Gasteiger partial charge is 0.324 e. The van der Waals surface area contributed by atoms with E-state index in [1.54, 1.807) is 42.8 Å². The van der Waals surface area contributed by atoms with Gasteiger partial charge in [0.05, 0.1) is 15.6 Å². The average Bonchev–Trinajstić information content (AvgIpc) is 3.17. The van der Waals surface area contributed by atoms with Crippen LogP contribution in [-0.4, -0.2) is 43.0 Å². The Hall–Kier alpha value is -2.82. The van der Waals surface area contributed by atoms with E-state index in [4.69, 9.17) is 25.8 Å². The maximum atomic E-state index is 12.9. The van der Waals surface area contributed by atoms with Gasteiger partial charge in [0.1, 0.15) is 31.5 Å². The summed E-state index contributed by atoms with van der Waals surface area (Å²) < 4.78 is 46.2. The van der Waals surface area contributed by atoms with Gasteiger partial charge in [0.25, 0.3) is 0 Å². The molecule has 0 radical (unpaired) electrons. The van der Waals surface area contributed by atoms with Crippen LogP contribution in [0.4, 0.5) is 0 Å². The number of rotatable bonds is 7. The fourth-order valence-electron chi connectivity index (χ4n) is 3.20. The van der Waals surface area contributed by atoms with Crippen molar-refractivity contribution in [3.8, 4) is 11.5 Å². The maximum absolute atomic E-state index is 12.9. The van der Waals surface area contributed by atoms with Crippen LogP contribution in [0.3, 0.4) is 0 Å². The van der Waals surface area contributed by atoms with Crippen molar-refractivity contribution in [3.05, 3.63) is 53.4 Å². The van der Waals surface area contributed by atoms with Crippen LogP contribution in [0.25, 0.3) is 5.65 Å². The van der Waals surface area contributed by atoms with Crippen LogP contribution in [0.15, 0.2) is 47.6 Å². The largest absolute Gasteiger partial charge is 0.486 e. The Morgan fingerprint density at radius 2 is 1.94 bits per heavy atom. The van der Waals surface area contributed by atoms with Crippen molar-refractivity contribution in [3.63, 3.8) is 0 Å². The van der Waals surface area contributed by atoms with E-state index in [1.807, 2.05) is 0 Å². The van der Waals surface area contributed by atoms with Crippen molar-refractivity contribution in [2.45, 2.75) is 31.4 Å². The summed E-state index contributed by atoms with van der Waals surface area (Å²) in [7, 11) is -4.01. The summed E-state index contributed by atoms with van der Waals surface area (Å²) in [6.45, 7) is 4.08. The summed E-state index contributed by atoms with van der Waals surface area (Å²) in [6, 6.07) is 6.68. The molecule has 3 aromatic rings. The number of nitrogens with zero attached hydrogens (tertiary/aromatic N) is 2. The number of carbonyl (C=O) groups is 1. The van der Waals surface area contributed by atoms with Crippen LogP contribution in [0, 0.1) is 5.92 Å². The molecule has 1 aromatic carbocycles. The number of hydrogen-bond donors (Lipinski definition) is 1. The zero-order valence-electron chi connectivity index (χ0n) is 17.4. The van der Waals surface area contributed by atoms with Gasteiger partial charge in [0.2, 0.25) is 10.0 Å². The lowest BCUT2D eigenvalue weighted by atomic mass is 10.1. The van der Waals surface area contributed by atoms with Crippen LogP contribution in [-0.2, 0) is 26.2 Å². The van der Waals surface area contributed by atoms with Gasteiger partial charge in [-0.3, -0.25) is 4.79 Å². The first kappa shape index (κ1) is 22.4. The first-order valence-electron chi connectivity index (χ1n) is 9.95. The highest BCUT2D eigenvalue weighted by Crippen LogP contribution is 2.32. The quantitative estimate of drug-likeness (QED) is 0.519. The molecule has 3 heterocycles. The fourth-order valence-corrected chi connectivity index (χ4v) is 4.72. The van der Waals surface area contributed by atoms with Crippen molar-refractivity contribution in [1.82, 2.24) is 14.1 Å². The second-order valence-corrected chi connectivity index (χ2v) is 9.75. The molecule has 32 heavy (non-hydrogen) atoms. The van der Waals surface area contributed by atoms with E-state index < -0.39 is 22.0 Å². The predicted octanol–water partition coefficient (Wildman–Crippen LogP) is 2.81. The molecule has 170 valence electrons. The molecule has 0 bridgehead atoms. The molecule has 0 amide bonds. The summed E-state index contributed by atoms with van der Waals surface area (Å²) in [5.74, 6) is -0.232. The highest BCUT2D eigenvalue weighted by molar-refractivity contribution is 7.89. The highest BCUT2D eigenvalue weighted by Gasteiger charge is 2.30. The van der Waals surface area contributed by atoms with Gasteiger partial charge in [-0.15, -0.1) is 0 Å². The number of benzene rings is 1. The minimum Gasteiger partial charge on any atom is -0.486 e. The number of imidazole rings is 1. The zero-order chi connectivity index (χ0) is 22.9. The van der Waals surface area contributed by atoms with E-state index in [0.29, 0.717) is 41.1 Å². The van der Waals surface area contributed by atoms with Gasteiger partial charge in [-0.2, -0.15) is 4.72 Å². The van der Waals surface area contributed by atoms with Gasteiger partial charge in [-0.1, -0.05) is 25.4 Å². The summed E-state index contributed by atoms with van der Waals surface area (Å²) >= 11 is 5.97. The zero-order valence-corrected chi connectivity index (χ0v) is 19.0. The molecule has 11 heteroatoms. The van der Waals surface area contributed by atoms with Crippen molar-refractivity contribution in [2.24, 2.45) is 5.92 Å². The summed E-state index contributed by atoms with van der Waals surface area (Å²) in [5.41, 5.74) is 1.16. The Morgan fingerprint density at radius 1 is 1.19 bits per heavy atom. The molecule has 9 nitrogen and oxygen atoms in total. The molecule has 0 saturated heterocycles. The Kier molecular flexibility index (Phi) is 6.27. The number of halogens is 1. The van der Waals surface area contributed by atoms with Crippen LogP contribution in [0.2, 0.25) is 5.02 Å². The van der Waals surface area contributed by atoms with Gasteiger partial charge in [-0.05, 0) is 30.2 Å². The highest BCUT2D eigenvalue weighted by atomic mass is 35.5. The number of fused-ring (bicyclic) bond motifs is 2. The number of aromatic nitrogens is 2. The van der Waals surface area contributed by atoms with E-state index in [2.05, 4.69) is 9.71 Å². The third-order valence-corrected chi connectivity index (χ3v) is 6.52. The van der Waals surface area contributed by atoms with Gasteiger partial charge in [-0.25, -0.2) is 13.4 Å². The van der Waals surface area contributed by atoms with Crippen molar-refractivity contribution in [2.75, 3.05) is 13.2 Å². The average molecular weight is 480 g/mol. The van der Waals surface area contributed by atoms with Gasteiger partial charge in [0.15, 0.2) is 11.5 Å². The maximum Gasteiger partial charge on any atom is 0.324 e. The minimum atomic E-state index is -4.01. The van der Waals surface area contributed by atoms with Crippen molar-refractivity contribution < 1.29 is 27.4 Å². The molecule has 0 spiro atoms. The third-order valence-electron chi connectivity index (χ3n) is 4.85. The molecule has 0 saturated carbocycles. The molecule has 0 fully saturated rings. The number of hydrogen-bond acceptors (Lipinski definition) is 7. The van der Waals surface area contributed by atoms with E-state index >= 15 is 0 Å². The van der Waals surface area contributed by atoms with E-state index in [0.717, 1.165) is 0 Å². The summed E-state index contributed by atoms with van der Waals surface area (Å²) in [4.78, 5) is 17.0. The Balaban J connectivity index is 1.46. The molecule has 1 atom stereocenters. The predicted molar refractivity (Wildman–Crippen MR) is 116 cm³/mol. The molecular formula is C21H22ClN3O6S. The standard InChI is InChI=1S/C21H22ClN3O6S/c1-13(2)20(21(26)31-12-15-11-25-10-14(22)3-6-19(25)23-15)24-32(27,28)16-4-5-17-18(9-16)30-8-7-29-17/h3-6,9-11,13,20,24H,7-8,12H2,1-2H3. The molecule has 1 unspecified atom stereocenters. The normalized spacial score (nSPS) is 14.5. The van der Waals surface area contributed by atoms with E-state index in [1.165, 1.54) is 18.2 Å². The Labute approximate surface area is 190 Å². The monoisotopic (exact) mass is 479 g/mol. The first-order chi connectivity index (χ1) is 15.2. The van der Waals surface area contributed by atoms with Crippen LogP contribution >= 0.6 is 11.6 Å². The molecule has 4 rings (SSSR count). The van der Waals surface area contributed by atoms with Crippen LogP contribution in [0.5, 0.6) is 11.5 Å². The van der Waals surface area contributed by atoms with Gasteiger partial charge >= 0.3 is 5.97 Å². The lowest BCUT2D eigenvalue weighted by Gasteiger charge is -2.22. The number of sulfonamides is 1. The molecular weight excluding hydrogens is 458 g/mol. The second kappa shape index (κ2) is 8.97. The molecule has 1 aliphatic heterocycles. The Morgan fingerprint density at radius 3 is 2.69 bits per heavy atom. The number of ether oxygens (including phenoxy) is 3. The second-order valence-electron chi connectivity index (χ2n) is 7.60. The van der Waals surface area contributed by atoms with E-state index in [9.17, 15) is 13.2 Å². The SMILES string of the molecule is CC(C)C(NS(=O)(=O)c1ccc2c(c1)OCCO2)C(=O)OCc1cn2cc(Cl)ccc2n1. The number of carbonyl (C=O) groups excluding carboxylic acids is 1. The van der Waals surface area contributed by atoms with Gasteiger partial charge in [0, 0.05) is 18.5 Å². The van der Waals surface area contributed by atoms with E-state index in [-0.39, 0.29) is 17.4 Å². The third kappa shape index (κ3) is 4.82. The molecule has 1 N–H and O–H groups in total. The first-order valence-corrected chi connectivity index (χ1v) is 11.8. The minimum absolute atomic E-state index is 0.0302. The molecule has 1 aliphatic rings. The van der Waals surface area contributed by atoms with Gasteiger partial charge < -0.3 is 18.6 Å². The topological polar surface area (TPSA) is 108 Å². The number of esters is 1. The number of nitrogens with one attached hydrogen (secondary N) is 1. The van der Waals surface area contributed by atoms with Crippen LogP contribution in [0.1, 0.15) is 19.5 Å². The lowest BCUT2D eigenvalue weighted by molar-refractivity contribution is -0.148. The number of pyridine rings is 1. The summed E-state index contributed by atoms with van der Waals surface area (Å²) in [5, 5.41) is 0.548. The summed E-state index contributed by atoms with van der Waals surface area (Å²) in [6.07, 6.45) is 3.38. The fraction of sp³-hybridized carbons (Fsp3) is 0.333.